The van der Waals surface area contributed by atoms with Gasteiger partial charge in [0.2, 0.25) is 5.95 Å². The molecule has 3 rings (SSSR count). The molecule has 1 saturated heterocycles. The smallest absolute Gasteiger partial charge is 0.405 e. The van der Waals surface area contributed by atoms with E-state index in [1.54, 1.807) is 18.2 Å². The molecule has 1 fully saturated rings. The molecule has 1 aliphatic heterocycles. The van der Waals surface area contributed by atoms with Gasteiger partial charge in [0.15, 0.2) is 5.69 Å². The summed E-state index contributed by atoms with van der Waals surface area (Å²) in [4.78, 5) is 21.6. The number of rotatable bonds is 3. The molecule has 4 N–H and O–H groups in total. The molecule has 0 aliphatic carbocycles. The first-order valence-electron chi connectivity index (χ1n) is 8.52. The number of aromatic nitrogens is 2. The summed E-state index contributed by atoms with van der Waals surface area (Å²) in [7, 11) is 0. The monoisotopic (exact) mass is 420 g/mol. The van der Waals surface area contributed by atoms with Crippen LogP contribution in [-0.2, 0) is 0 Å². The predicted octanol–water partition coefficient (Wildman–Crippen LogP) is 3.53. The highest BCUT2D eigenvalue weighted by Gasteiger charge is 2.33. The zero-order valence-corrected chi connectivity index (χ0v) is 16.5. The lowest BCUT2D eigenvalue weighted by Crippen LogP contribution is -2.53. The molecule has 0 unspecified atom stereocenters. The van der Waals surface area contributed by atoms with E-state index in [0.717, 1.165) is 0 Å². The summed E-state index contributed by atoms with van der Waals surface area (Å²) < 4.78 is 0. The molecular weight excluding hydrogens is 403 g/mol. The quantitative estimate of drug-likeness (QED) is 0.692. The Morgan fingerprint density at radius 3 is 2.64 bits per heavy atom. The van der Waals surface area contributed by atoms with E-state index in [9.17, 15) is 10.1 Å². The van der Waals surface area contributed by atoms with Crippen LogP contribution in [0.2, 0.25) is 10.0 Å². The van der Waals surface area contributed by atoms with E-state index in [-0.39, 0.29) is 16.5 Å². The first-order chi connectivity index (χ1) is 13.2. The Morgan fingerprint density at radius 1 is 1.36 bits per heavy atom. The van der Waals surface area contributed by atoms with Gasteiger partial charge in [0, 0.05) is 24.2 Å². The SMILES string of the molecule is CC1(NC(=O)O)CCN(c2nc(N)c(-c3cccc(Cl)c3Cl)c(C#N)n2)CC1. The number of nitriles is 1. The molecule has 10 heteroatoms. The molecule has 0 saturated carbocycles. The normalized spacial score (nSPS) is 15.7. The number of nitrogens with two attached hydrogens (primary N) is 1. The van der Waals surface area contributed by atoms with Crippen LogP contribution in [0.4, 0.5) is 16.6 Å². The molecule has 2 heterocycles. The lowest BCUT2D eigenvalue weighted by molar-refractivity contribution is 0.173. The summed E-state index contributed by atoms with van der Waals surface area (Å²) in [6, 6.07) is 7.10. The summed E-state index contributed by atoms with van der Waals surface area (Å²) in [5.74, 6) is 0.455. The number of anilines is 2. The number of nitrogens with zero attached hydrogens (tertiary/aromatic N) is 4. The van der Waals surface area contributed by atoms with Crippen LogP contribution in [0.5, 0.6) is 0 Å². The van der Waals surface area contributed by atoms with Crippen molar-refractivity contribution in [3.63, 3.8) is 0 Å². The van der Waals surface area contributed by atoms with E-state index in [1.807, 2.05) is 11.8 Å². The van der Waals surface area contributed by atoms with Crippen LogP contribution in [0.25, 0.3) is 11.1 Å². The van der Waals surface area contributed by atoms with Gasteiger partial charge in [-0.25, -0.2) is 9.78 Å². The fraction of sp³-hybridized carbons (Fsp3) is 0.333. The Bertz CT molecular complexity index is 967. The lowest BCUT2D eigenvalue weighted by atomic mass is 9.90. The number of hydrogen-bond donors (Lipinski definition) is 3. The molecule has 1 aromatic carbocycles. The van der Waals surface area contributed by atoms with Crippen LogP contribution in [0, 0.1) is 11.3 Å². The number of carbonyl (C=O) groups is 1. The zero-order chi connectivity index (χ0) is 20.5. The van der Waals surface area contributed by atoms with Crippen molar-refractivity contribution in [2.24, 2.45) is 0 Å². The minimum atomic E-state index is -1.05. The lowest BCUT2D eigenvalue weighted by Gasteiger charge is -2.39. The van der Waals surface area contributed by atoms with Gasteiger partial charge in [0.1, 0.15) is 11.9 Å². The van der Waals surface area contributed by atoms with Crippen molar-refractivity contribution >= 4 is 41.1 Å². The Labute approximate surface area is 171 Å². The molecule has 0 bridgehead atoms. The Kier molecular flexibility index (Phi) is 5.49. The highest BCUT2D eigenvalue weighted by molar-refractivity contribution is 6.43. The molecule has 1 amide bonds. The van der Waals surface area contributed by atoms with E-state index >= 15 is 0 Å². The van der Waals surface area contributed by atoms with Crippen molar-refractivity contribution in [1.82, 2.24) is 15.3 Å². The van der Waals surface area contributed by atoms with E-state index in [1.165, 1.54) is 0 Å². The number of carboxylic acid groups (broad SMARTS) is 1. The van der Waals surface area contributed by atoms with Gasteiger partial charge in [0.25, 0.3) is 0 Å². The third kappa shape index (κ3) is 3.91. The fourth-order valence-corrected chi connectivity index (χ4v) is 3.63. The number of amides is 1. The third-order valence-electron chi connectivity index (χ3n) is 4.81. The molecule has 0 spiro atoms. The highest BCUT2D eigenvalue weighted by Crippen LogP contribution is 2.38. The van der Waals surface area contributed by atoms with E-state index in [0.29, 0.717) is 48.0 Å². The molecule has 8 nitrogen and oxygen atoms in total. The van der Waals surface area contributed by atoms with Crippen LogP contribution >= 0.6 is 23.2 Å². The average Bonchev–Trinajstić information content (AvgIpc) is 2.63. The largest absolute Gasteiger partial charge is 0.465 e. The zero-order valence-electron chi connectivity index (χ0n) is 15.0. The topological polar surface area (TPSA) is 128 Å². The summed E-state index contributed by atoms with van der Waals surface area (Å²) in [5.41, 5.74) is 6.57. The van der Waals surface area contributed by atoms with E-state index < -0.39 is 11.6 Å². The second-order valence-electron chi connectivity index (χ2n) is 6.82. The van der Waals surface area contributed by atoms with Crippen LogP contribution in [0.1, 0.15) is 25.5 Å². The molecular formula is C18H18Cl2N6O2. The Morgan fingerprint density at radius 2 is 2.04 bits per heavy atom. The molecule has 0 atom stereocenters. The van der Waals surface area contributed by atoms with Gasteiger partial charge in [-0.2, -0.15) is 10.2 Å². The average molecular weight is 421 g/mol. The minimum absolute atomic E-state index is 0.101. The van der Waals surface area contributed by atoms with Gasteiger partial charge in [-0.15, -0.1) is 0 Å². The molecule has 0 radical (unpaired) electrons. The number of nitrogens with one attached hydrogen (secondary N) is 1. The molecule has 28 heavy (non-hydrogen) atoms. The van der Waals surface area contributed by atoms with Gasteiger partial charge in [-0.1, -0.05) is 35.3 Å². The first kappa shape index (κ1) is 20.0. The Hall–Kier alpha value is -2.76. The number of benzene rings is 1. The van der Waals surface area contributed by atoms with Crippen molar-refractivity contribution in [1.29, 1.82) is 5.26 Å². The number of nitrogen functional groups attached to an aromatic ring is 1. The molecule has 2 aromatic rings. The van der Waals surface area contributed by atoms with Crippen LogP contribution in [-0.4, -0.2) is 39.8 Å². The van der Waals surface area contributed by atoms with E-state index in [2.05, 4.69) is 21.4 Å². The van der Waals surface area contributed by atoms with Crippen molar-refractivity contribution < 1.29 is 9.90 Å². The highest BCUT2D eigenvalue weighted by atomic mass is 35.5. The maximum atomic E-state index is 11.0. The second kappa shape index (κ2) is 7.70. The van der Waals surface area contributed by atoms with Crippen molar-refractivity contribution in [3.05, 3.63) is 33.9 Å². The number of halogens is 2. The summed E-state index contributed by atoms with van der Waals surface area (Å²) in [5, 5.41) is 21.7. The molecule has 1 aromatic heterocycles. The van der Waals surface area contributed by atoms with Crippen LogP contribution < -0.4 is 16.0 Å². The van der Waals surface area contributed by atoms with Gasteiger partial charge in [-0.05, 0) is 25.8 Å². The second-order valence-corrected chi connectivity index (χ2v) is 7.61. The first-order valence-corrected chi connectivity index (χ1v) is 9.28. The maximum Gasteiger partial charge on any atom is 0.405 e. The van der Waals surface area contributed by atoms with Crippen molar-refractivity contribution in [2.75, 3.05) is 23.7 Å². The van der Waals surface area contributed by atoms with Crippen molar-refractivity contribution in [2.45, 2.75) is 25.3 Å². The van der Waals surface area contributed by atoms with Crippen LogP contribution in [0.15, 0.2) is 18.2 Å². The predicted molar refractivity (Wildman–Crippen MR) is 108 cm³/mol. The standard InChI is InChI=1S/C18H18Cl2N6O2/c1-18(25-17(27)28)5-7-26(8-6-18)16-23-12(9-21)13(15(22)24-16)10-3-2-4-11(19)14(10)20/h2-4,25H,5-8H2,1H3,(H,27,28)(H2,22,23,24). The van der Waals surface area contributed by atoms with Crippen LogP contribution in [0.3, 0.4) is 0 Å². The summed E-state index contributed by atoms with van der Waals surface area (Å²) in [6.45, 7) is 2.91. The van der Waals surface area contributed by atoms with Gasteiger partial charge >= 0.3 is 6.09 Å². The van der Waals surface area contributed by atoms with Gasteiger partial charge < -0.3 is 21.1 Å². The number of hydrogen-bond acceptors (Lipinski definition) is 6. The molecule has 146 valence electrons. The van der Waals surface area contributed by atoms with Gasteiger partial charge in [0.05, 0.1) is 15.6 Å². The minimum Gasteiger partial charge on any atom is -0.465 e. The summed E-state index contributed by atoms with van der Waals surface area (Å²) >= 11 is 12.3. The maximum absolute atomic E-state index is 11.0. The third-order valence-corrected chi connectivity index (χ3v) is 5.63. The Balaban J connectivity index is 1.92. The molecule has 1 aliphatic rings. The van der Waals surface area contributed by atoms with Gasteiger partial charge in [-0.3, -0.25) is 0 Å². The van der Waals surface area contributed by atoms with Crippen molar-refractivity contribution in [3.8, 4) is 17.2 Å². The van der Waals surface area contributed by atoms with E-state index in [4.69, 9.17) is 34.0 Å². The summed E-state index contributed by atoms with van der Waals surface area (Å²) in [6.07, 6.45) is 0.101. The number of piperidine rings is 1. The fourth-order valence-electron chi connectivity index (χ4n) is 3.23.